The summed E-state index contributed by atoms with van der Waals surface area (Å²) in [4.78, 5) is 13.3. The number of aromatic nitrogens is 1. The van der Waals surface area contributed by atoms with Crippen molar-refractivity contribution in [1.29, 1.82) is 0 Å². The number of aryl methyl sites for hydroxylation is 2. The van der Waals surface area contributed by atoms with Crippen LogP contribution in [0.2, 0.25) is 0 Å². The SMILES string of the molecule is C.Cc1cc(NC(=O)c2c3c(cn2C)S(=O)NC2CNCC2CO3)ccc1F. The van der Waals surface area contributed by atoms with Crippen molar-refractivity contribution in [1.82, 2.24) is 14.6 Å². The van der Waals surface area contributed by atoms with Crippen LogP contribution in [0.4, 0.5) is 10.1 Å². The number of fused-ring (bicyclic) bond motifs is 2. The molecule has 2 aliphatic heterocycles. The maximum Gasteiger partial charge on any atom is 0.276 e. The summed E-state index contributed by atoms with van der Waals surface area (Å²) >= 11 is 0. The van der Waals surface area contributed by atoms with Crippen LogP contribution in [-0.2, 0) is 18.0 Å². The highest BCUT2D eigenvalue weighted by Gasteiger charge is 2.35. The first kappa shape index (κ1) is 20.5. The number of amides is 1. The molecule has 2 aliphatic rings. The number of benzene rings is 1. The van der Waals surface area contributed by atoms with Crippen molar-refractivity contribution in [2.45, 2.75) is 25.3 Å². The molecule has 0 aliphatic carbocycles. The Labute approximate surface area is 166 Å². The number of hydrogen-bond donors (Lipinski definition) is 3. The summed E-state index contributed by atoms with van der Waals surface area (Å²) in [5.41, 5.74) is 1.21. The molecule has 0 radical (unpaired) electrons. The summed E-state index contributed by atoms with van der Waals surface area (Å²) in [6.45, 7) is 3.56. The van der Waals surface area contributed by atoms with Gasteiger partial charge in [0, 0.05) is 44.0 Å². The van der Waals surface area contributed by atoms with E-state index in [0.29, 0.717) is 28.5 Å². The zero-order valence-corrected chi connectivity index (χ0v) is 15.9. The third-order valence-corrected chi connectivity index (χ3v) is 6.18. The Morgan fingerprint density at radius 1 is 1.39 bits per heavy atom. The molecule has 3 N–H and O–H groups in total. The average molecular weight is 408 g/mol. The minimum absolute atomic E-state index is 0. The van der Waals surface area contributed by atoms with E-state index in [4.69, 9.17) is 4.74 Å². The zero-order chi connectivity index (χ0) is 19.1. The van der Waals surface area contributed by atoms with Crippen molar-refractivity contribution in [3.05, 3.63) is 41.5 Å². The monoisotopic (exact) mass is 408 g/mol. The second kappa shape index (κ2) is 8.02. The number of carbonyl (C=O) groups is 1. The van der Waals surface area contributed by atoms with Crippen LogP contribution in [0, 0.1) is 18.7 Å². The van der Waals surface area contributed by atoms with Gasteiger partial charge in [-0.3, -0.25) is 4.79 Å². The van der Waals surface area contributed by atoms with E-state index in [1.807, 2.05) is 0 Å². The lowest BCUT2D eigenvalue weighted by atomic mass is 10.1. The smallest absolute Gasteiger partial charge is 0.276 e. The molecule has 7 nitrogen and oxygen atoms in total. The third-order valence-electron chi connectivity index (χ3n) is 4.97. The minimum Gasteiger partial charge on any atom is -0.489 e. The van der Waals surface area contributed by atoms with E-state index in [0.717, 1.165) is 13.1 Å². The maximum absolute atomic E-state index is 13.4. The summed E-state index contributed by atoms with van der Waals surface area (Å²) in [5, 5.41) is 6.02. The second-order valence-corrected chi connectivity index (χ2v) is 8.14. The van der Waals surface area contributed by atoms with Gasteiger partial charge in [0.1, 0.15) is 21.7 Å². The fraction of sp³-hybridized carbons (Fsp3) is 0.421. The number of ether oxygens (including phenoxy) is 1. The first-order chi connectivity index (χ1) is 12.9. The van der Waals surface area contributed by atoms with Gasteiger partial charge >= 0.3 is 0 Å². The molecule has 28 heavy (non-hydrogen) atoms. The molecule has 152 valence electrons. The fourth-order valence-electron chi connectivity index (χ4n) is 3.46. The van der Waals surface area contributed by atoms with Gasteiger partial charge in [-0.05, 0) is 30.7 Å². The number of nitrogens with one attached hydrogen (secondary N) is 3. The largest absolute Gasteiger partial charge is 0.489 e. The van der Waals surface area contributed by atoms with Gasteiger partial charge in [0.05, 0.1) is 6.61 Å². The van der Waals surface area contributed by atoms with Crippen LogP contribution in [0.3, 0.4) is 0 Å². The van der Waals surface area contributed by atoms with Gasteiger partial charge in [0.15, 0.2) is 11.4 Å². The quantitative estimate of drug-likeness (QED) is 0.709. The van der Waals surface area contributed by atoms with Gasteiger partial charge in [0.25, 0.3) is 5.91 Å². The highest BCUT2D eigenvalue weighted by molar-refractivity contribution is 7.83. The summed E-state index contributed by atoms with van der Waals surface area (Å²) in [6, 6.07) is 4.44. The van der Waals surface area contributed by atoms with Gasteiger partial charge in [-0.1, -0.05) is 7.43 Å². The molecular formula is C19H25FN4O3S. The molecule has 0 spiro atoms. The maximum atomic E-state index is 13.4. The number of anilines is 1. The minimum atomic E-state index is -1.48. The van der Waals surface area contributed by atoms with E-state index >= 15 is 0 Å². The normalized spacial score (nSPS) is 23.5. The van der Waals surface area contributed by atoms with Crippen LogP contribution in [0.5, 0.6) is 5.75 Å². The molecule has 1 amide bonds. The predicted octanol–water partition coefficient (Wildman–Crippen LogP) is 1.95. The van der Waals surface area contributed by atoms with Gasteiger partial charge in [-0.2, -0.15) is 0 Å². The molecule has 2 aromatic rings. The molecule has 4 rings (SSSR count). The topological polar surface area (TPSA) is 84.4 Å². The molecule has 1 fully saturated rings. The first-order valence-corrected chi connectivity index (χ1v) is 9.87. The molecule has 0 bridgehead atoms. The Kier molecular flexibility index (Phi) is 5.87. The van der Waals surface area contributed by atoms with Crippen molar-refractivity contribution in [3.63, 3.8) is 0 Å². The molecule has 3 unspecified atom stereocenters. The fourth-order valence-corrected chi connectivity index (χ4v) is 4.72. The molecule has 1 saturated heterocycles. The molecular weight excluding hydrogens is 383 g/mol. The molecule has 0 saturated carbocycles. The predicted molar refractivity (Wildman–Crippen MR) is 106 cm³/mol. The van der Waals surface area contributed by atoms with E-state index in [1.54, 1.807) is 30.8 Å². The van der Waals surface area contributed by atoms with E-state index in [-0.39, 0.29) is 30.9 Å². The Morgan fingerprint density at radius 3 is 2.93 bits per heavy atom. The summed E-state index contributed by atoms with van der Waals surface area (Å²) < 4.78 is 36.9. The van der Waals surface area contributed by atoms with Crippen LogP contribution in [-0.4, -0.2) is 40.4 Å². The zero-order valence-electron chi connectivity index (χ0n) is 15.0. The van der Waals surface area contributed by atoms with Crippen molar-refractivity contribution in [3.8, 4) is 5.75 Å². The van der Waals surface area contributed by atoms with Crippen LogP contribution in [0.15, 0.2) is 29.3 Å². The summed E-state index contributed by atoms with van der Waals surface area (Å²) in [6.07, 6.45) is 1.64. The summed E-state index contributed by atoms with van der Waals surface area (Å²) in [5.74, 6) is -0.229. The van der Waals surface area contributed by atoms with Crippen LogP contribution in [0.1, 0.15) is 23.5 Å². The Bertz CT molecular complexity index is 930. The van der Waals surface area contributed by atoms with Crippen molar-refractivity contribution in [2.75, 3.05) is 25.0 Å². The van der Waals surface area contributed by atoms with E-state index in [2.05, 4.69) is 15.4 Å². The molecule has 1 aromatic carbocycles. The average Bonchev–Trinajstić information content (AvgIpc) is 3.18. The lowest BCUT2D eigenvalue weighted by Gasteiger charge is -2.23. The van der Waals surface area contributed by atoms with Gasteiger partial charge in [-0.25, -0.2) is 13.3 Å². The lowest BCUT2D eigenvalue weighted by molar-refractivity contribution is 0.101. The van der Waals surface area contributed by atoms with E-state index in [9.17, 15) is 13.4 Å². The first-order valence-electron chi connectivity index (χ1n) is 8.72. The van der Waals surface area contributed by atoms with Gasteiger partial charge in [-0.15, -0.1) is 0 Å². The van der Waals surface area contributed by atoms with Crippen LogP contribution in [0.25, 0.3) is 0 Å². The highest BCUT2D eigenvalue weighted by atomic mass is 32.2. The highest BCUT2D eigenvalue weighted by Crippen LogP contribution is 2.32. The third kappa shape index (κ3) is 3.69. The lowest BCUT2D eigenvalue weighted by Crippen LogP contribution is -2.41. The summed E-state index contributed by atoms with van der Waals surface area (Å²) in [7, 11) is 0.228. The Balaban J connectivity index is 0.00000225. The van der Waals surface area contributed by atoms with E-state index in [1.165, 1.54) is 12.1 Å². The van der Waals surface area contributed by atoms with E-state index < -0.39 is 16.9 Å². The second-order valence-electron chi connectivity index (χ2n) is 6.92. The van der Waals surface area contributed by atoms with Crippen molar-refractivity contribution < 1.29 is 18.1 Å². The van der Waals surface area contributed by atoms with Gasteiger partial charge in [0.2, 0.25) is 0 Å². The number of carbonyl (C=O) groups excluding carboxylic acids is 1. The van der Waals surface area contributed by atoms with Crippen LogP contribution >= 0.6 is 0 Å². The van der Waals surface area contributed by atoms with Crippen molar-refractivity contribution in [2.24, 2.45) is 13.0 Å². The van der Waals surface area contributed by atoms with Gasteiger partial charge < -0.3 is 19.9 Å². The molecule has 3 heterocycles. The number of nitrogens with zero attached hydrogens (tertiary/aromatic N) is 1. The number of halogens is 1. The number of hydrogen-bond acceptors (Lipinski definition) is 4. The molecule has 1 aromatic heterocycles. The Hall–Kier alpha value is -2.23. The number of rotatable bonds is 2. The molecule has 3 atom stereocenters. The van der Waals surface area contributed by atoms with Crippen LogP contribution < -0.4 is 20.1 Å². The molecule has 9 heteroatoms. The van der Waals surface area contributed by atoms with Crippen molar-refractivity contribution >= 4 is 22.6 Å². The Morgan fingerprint density at radius 2 is 2.18 bits per heavy atom. The standard InChI is InChI=1S/C18H21FN4O3S.CH4/c1-10-5-12(3-4-13(10)19)21-18(24)16-17-15(8-23(16)2)27(25)22-14-7-20-6-11(14)9-26-17;/h3-5,8,11,14,20,22H,6-7,9H2,1-2H3,(H,21,24);1H4.